The van der Waals surface area contributed by atoms with E-state index in [2.05, 4.69) is 0 Å². The highest BCUT2D eigenvalue weighted by atomic mass is 16.7. The Morgan fingerprint density at radius 1 is 1.00 bits per heavy atom. The molecule has 0 aromatic heterocycles. The Morgan fingerprint density at radius 2 is 1.59 bits per heavy atom. The molecule has 1 heterocycles. The molecule has 10 atom stereocenters. The third-order valence-electron chi connectivity index (χ3n) is 9.54. The number of fused-ring (bicyclic) bond motifs is 1. The van der Waals surface area contributed by atoms with E-state index in [-0.39, 0.29) is 29.0 Å². The van der Waals surface area contributed by atoms with Gasteiger partial charge in [0.2, 0.25) is 0 Å². The molecule has 2 saturated carbocycles. The Hall–Kier alpha value is -2.52. The molecule has 0 amide bonds. The minimum atomic E-state index is -1.25. The van der Waals surface area contributed by atoms with Crippen LogP contribution in [0.25, 0.3) is 0 Å². The van der Waals surface area contributed by atoms with Crippen LogP contribution in [0.2, 0.25) is 0 Å². The summed E-state index contributed by atoms with van der Waals surface area (Å²) in [7, 11) is 1.57. The van der Waals surface area contributed by atoms with E-state index >= 15 is 0 Å². The molecule has 9 heteroatoms. The summed E-state index contributed by atoms with van der Waals surface area (Å²) in [5.41, 5.74) is -1.77. The summed E-state index contributed by atoms with van der Waals surface area (Å²) >= 11 is 0. The molecule has 9 nitrogen and oxygen atoms in total. The molecule has 0 aromatic rings. The fourth-order valence-electron chi connectivity index (χ4n) is 7.48. The van der Waals surface area contributed by atoms with Crippen LogP contribution < -0.4 is 0 Å². The molecule has 4 aliphatic rings. The zero-order valence-electron chi connectivity index (χ0n) is 24.7. The van der Waals surface area contributed by atoms with E-state index in [1.54, 1.807) is 40.0 Å². The van der Waals surface area contributed by atoms with Gasteiger partial charge in [-0.1, -0.05) is 33.8 Å². The van der Waals surface area contributed by atoms with Gasteiger partial charge in [-0.2, -0.15) is 0 Å². The molecular weight excluding hydrogens is 504 g/mol. The summed E-state index contributed by atoms with van der Waals surface area (Å²) < 4.78 is 30.1. The van der Waals surface area contributed by atoms with Crippen molar-refractivity contribution in [2.45, 2.75) is 104 Å². The number of hydrogen-bond acceptors (Lipinski definition) is 9. The summed E-state index contributed by atoms with van der Waals surface area (Å²) in [5, 5.41) is 0. The van der Waals surface area contributed by atoms with Crippen LogP contribution in [-0.4, -0.2) is 66.4 Å². The second-order valence-electron chi connectivity index (χ2n) is 12.4. The van der Waals surface area contributed by atoms with E-state index in [0.717, 1.165) is 0 Å². The van der Waals surface area contributed by atoms with Crippen molar-refractivity contribution in [3.05, 3.63) is 23.3 Å². The van der Waals surface area contributed by atoms with Gasteiger partial charge in [0, 0.05) is 38.4 Å². The number of rotatable bonds is 5. The smallest absolute Gasteiger partial charge is 0.334 e. The van der Waals surface area contributed by atoms with Crippen LogP contribution in [0, 0.1) is 29.1 Å². The molecule has 1 aliphatic heterocycles. The molecular formula is C30H42O9. The first-order valence-corrected chi connectivity index (χ1v) is 13.7. The molecule has 0 bridgehead atoms. The third-order valence-corrected chi connectivity index (χ3v) is 9.54. The lowest BCUT2D eigenvalue weighted by molar-refractivity contribution is -0.154. The summed E-state index contributed by atoms with van der Waals surface area (Å²) in [6.45, 7) is 15.7. The van der Waals surface area contributed by atoms with Crippen molar-refractivity contribution < 1.29 is 42.9 Å². The highest BCUT2D eigenvalue weighted by Crippen LogP contribution is 2.68. The number of epoxide rings is 1. The van der Waals surface area contributed by atoms with E-state index in [9.17, 15) is 19.2 Å². The average molecular weight is 547 g/mol. The van der Waals surface area contributed by atoms with Crippen LogP contribution in [-0.2, 0) is 42.9 Å². The van der Waals surface area contributed by atoms with Gasteiger partial charge in [0.25, 0.3) is 0 Å². The lowest BCUT2D eigenvalue weighted by atomic mass is 9.80. The number of allylic oxidation sites excluding steroid dienone is 1. The molecule has 0 N–H and O–H groups in total. The fraction of sp³-hybridized carbons (Fsp3) is 0.733. The first-order valence-electron chi connectivity index (χ1n) is 13.7. The predicted molar refractivity (Wildman–Crippen MR) is 140 cm³/mol. The number of ether oxygens (including phenoxy) is 5. The molecule has 0 spiro atoms. The maximum absolute atomic E-state index is 14.3. The zero-order valence-corrected chi connectivity index (χ0v) is 24.7. The Labute approximate surface area is 230 Å². The SMILES string of the molecule is C/C=C(/C)C(=O)O[C@H]1/C(C)=C/[C@]23O[C@]2(C[C@@H](C)[C@H]3OC(C)=O)C(=O)[C@@H](C)[C@@H](OC(C)=O)[C@H]2[C@@H](C1OC)C2(C)C. The van der Waals surface area contributed by atoms with E-state index in [1.165, 1.54) is 13.8 Å². The van der Waals surface area contributed by atoms with Gasteiger partial charge in [0.1, 0.15) is 24.4 Å². The Morgan fingerprint density at radius 3 is 2.13 bits per heavy atom. The minimum absolute atomic E-state index is 0.174. The van der Waals surface area contributed by atoms with Gasteiger partial charge in [-0.25, -0.2) is 4.79 Å². The van der Waals surface area contributed by atoms with Crippen LogP contribution >= 0.6 is 0 Å². The monoisotopic (exact) mass is 546 g/mol. The van der Waals surface area contributed by atoms with Gasteiger partial charge in [-0.3, -0.25) is 14.4 Å². The summed E-state index contributed by atoms with van der Waals surface area (Å²) in [4.78, 5) is 51.7. The van der Waals surface area contributed by atoms with E-state index in [1.807, 2.05) is 27.7 Å². The molecule has 3 fully saturated rings. The topological polar surface area (TPSA) is 118 Å². The molecule has 39 heavy (non-hydrogen) atoms. The largest absolute Gasteiger partial charge is 0.461 e. The summed E-state index contributed by atoms with van der Waals surface area (Å²) in [5.74, 6) is -2.90. The van der Waals surface area contributed by atoms with Crippen LogP contribution in [0.3, 0.4) is 0 Å². The molecule has 0 radical (unpaired) electrons. The third kappa shape index (κ3) is 4.46. The molecule has 1 saturated heterocycles. The maximum atomic E-state index is 14.3. The van der Waals surface area contributed by atoms with Gasteiger partial charge in [-0.15, -0.1) is 0 Å². The number of carbonyl (C=O) groups is 4. The standard InChI is InChI=1S/C30H42O9/c1-11-14(2)27(34)38-22-15(3)12-30-26(37-19(7)32)16(4)13-29(30,39-30)25(33)17(5)23(36-18(6)31)20-21(24(22)35-10)28(20,8)9/h11-12,16-17,20-24,26H,13H2,1-10H3/b14-11-,15-12+/t16-,17+,20-,21+,22+,23-,24?,26-,29-,30-/m1/s1. The Balaban J connectivity index is 1.92. The van der Waals surface area contributed by atoms with E-state index in [4.69, 9.17) is 23.7 Å². The summed E-state index contributed by atoms with van der Waals surface area (Å²) in [6.07, 6.45) is 0.965. The van der Waals surface area contributed by atoms with Crippen LogP contribution in [0.15, 0.2) is 23.3 Å². The number of Topliss-reactive ketones (excluding diaryl/α,β-unsaturated/α-hetero) is 1. The molecule has 0 aromatic carbocycles. The van der Waals surface area contributed by atoms with Gasteiger partial charge < -0.3 is 23.7 Å². The average Bonchev–Trinajstić information content (AvgIpc) is 3.64. The van der Waals surface area contributed by atoms with Crippen LogP contribution in [0.4, 0.5) is 0 Å². The van der Waals surface area contributed by atoms with Gasteiger partial charge >= 0.3 is 17.9 Å². The molecule has 4 rings (SSSR count). The van der Waals surface area contributed by atoms with Crippen molar-refractivity contribution in [2.75, 3.05) is 7.11 Å². The van der Waals surface area contributed by atoms with Gasteiger partial charge in [0.05, 0.1) is 5.92 Å². The normalized spacial score (nSPS) is 43.9. The number of hydrogen-bond donors (Lipinski definition) is 0. The lowest BCUT2D eigenvalue weighted by Crippen LogP contribution is -2.43. The maximum Gasteiger partial charge on any atom is 0.334 e. The minimum Gasteiger partial charge on any atom is -0.461 e. The fourth-order valence-corrected chi connectivity index (χ4v) is 7.48. The van der Waals surface area contributed by atoms with Gasteiger partial charge in [-0.05, 0) is 50.2 Å². The van der Waals surface area contributed by atoms with Crippen molar-refractivity contribution in [3.63, 3.8) is 0 Å². The molecule has 3 aliphatic carbocycles. The van der Waals surface area contributed by atoms with Crippen LogP contribution in [0.1, 0.15) is 68.7 Å². The predicted octanol–water partition coefficient (Wildman–Crippen LogP) is 3.73. The summed E-state index contributed by atoms with van der Waals surface area (Å²) in [6, 6.07) is 0. The van der Waals surface area contributed by atoms with Gasteiger partial charge in [0.15, 0.2) is 17.0 Å². The lowest BCUT2D eigenvalue weighted by Gasteiger charge is -2.30. The van der Waals surface area contributed by atoms with E-state index in [0.29, 0.717) is 17.6 Å². The van der Waals surface area contributed by atoms with Crippen molar-refractivity contribution in [3.8, 4) is 0 Å². The van der Waals surface area contributed by atoms with Crippen molar-refractivity contribution >= 4 is 23.7 Å². The molecule has 216 valence electrons. The van der Waals surface area contributed by atoms with Crippen molar-refractivity contribution in [1.82, 2.24) is 0 Å². The second kappa shape index (κ2) is 9.84. The second-order valence-corrected chi connectivity index (χ2v) is 12.4. The van der Waals surface area contributed by atoms with Crippen LogP contribution in [0.5, 0.6) is 0 Å². The molecule has 1 unspecified atom stereocenters. The number of methoxy groups -OCH3 is 1. The zero-order chi connectivity index (χ0) is 29.2. The van der Waals surface area contributed by atoms with Crippen molar-refractivity contribution in [2.24, 2.45) is 29.1 Å². The first kappa shape index (κ1) is 29.5. The highest BCUT2D eigenvalue weighted by molar-refractivity contribution is 5.96. The number of ketones is 1. The van der Waals surface area contributed by atoms with Crippen molar-refractivity contribution in [1.29, 1.82) is 0 Å². The Kier molecular flexibility index (Phi) is 7.43. The quantitative estimate of drug-likeness (QED) is 0.167. The first-order chi connectivity index (χ1) is 18.1. The number of esters is 3. The van der Waals surface area contributed by atoms with E-state index < -0.39 is 59.4 Å². The number of carbonyl (C=O) groups excluding carboxylic acids is 4. The highest BCUT2D eigenvalue weighted by Gasteiger charge is 2.84. The Bertz CT molecular complexity index is 1140.